The molecule has 0 bridgehead atoms. The molecule has 0 radical (unpaired) electrons. The van der Waals surface area contributed by atoms with Crippen molar-refractivity contribution < 1.29 is 4.74 Å². The molecule has 1 aliphatic carbocycles. The predicted molar refractivity (Wildman–Crippen MR) is 89.5 cm³/mol. The number of benzene rings is 1. The van der Waals surface area contributed by atoms with Crippen LogP contribution in [0.5, 0.6) is 5.75 Å². The van der Waals surface area contributed by atoms with Crippen LogP contribution in [-0.4, -0.2) is 6.61 Å². The highest BCUT2D eigenvalue weighted by molar-refractivity contribution is 5.32. The van der Waals surface area contributed by atoms with Crippen molar-refractivity contribution in [3.05, 3.63) is 29.8 Å². The molecule has 2 nitrogen and oxygen atoms in total. The van der Waals surface area contributed by atoms with Gasteiger partial charge in [-0.1, -0.05) is 45.7 Å². The summed E-state index contributed by atoms with van der Waals surface area (Å²) in [6.45, 7) is 7.53. The van der Waals surface area contributed by atoms with Gasteiger partial charge in [-0.2, -0.15) is 0 Å². The second kappa shape index (κ2) is 7.31. The Kier molecular flexibility index (Phi) is 5.69. The molecular weight excluding hydrogens is 258 g/mol. The third-order valence-electron chi connectivity index (χ3n) is 4.60. The first-order valence-electron chi connectivity index (χ1n) is 8.55. The summed E-state index contributed by atoms with van der Waals surface area (Å²) in [4.78, 5) is 0. The maximum absolute atomic E-state index is 6.76. The van der Waals surface area contributed by atoms with Crippen LogP contribution >= 0.6 is 0 Å². The van der Waals surface area contributed by atoms with Crippen LogP contribution in [0.3, 0.4) is 0 Å². The van der Waals surface area contributed by atoms with Crippen LogP contribution in [-0.2, 0) is 5.54 Å². The summed E-state index contributed by atoms with van der Waals surface area (Å²) < 4.78 is 5.66. The van der Waals surface area contributed by atoms with Gasteiger partial charge >= 0.3 is 0 Å². The highest BCUT2D eigenvalue weighted by Crippen LogP contribution is 2.40. The Labute approximate surface area is 130 Å². The van der Waals surface area contributed by atoms with E-state index in [1.807, 2.05) is 0 Å². The van der Waals surface area contributed by atoms with Gasteiger partial charge in [-0.05, 0) is 55.2 Å². The molecule has 118 valence electrons. The van der Waals surface area contributed by atoms with Crippen molar-refractivity contribution in [2.45, 2.75) is 64.8 Å². The van der Waals surface area contributed by atoms with Crippen molar-refractivity contribution in [1.82, 2.24) is 0 Å². The van der Waals surface area contributed by atoms with Gasteiger partial charge in [-0.15, -0.1) is 0 Å². The Bertz CT molecular complexity index is 426. The van der Waals surface area contributed by atoms with E-state index in [2.05, 4.69) is 45.0 Å². The van der Waals surface area contributed by atoms with Crippen LogP contribution in [0.15, 0.2) is 24.3 Å². The molecule has 1 aromatic carbocycles. The Morgan fingerprint density at radius 3 is 2.62 bits per heavy atom. The minimum absolute atomic E-state index is 0.138. The zero-order valence-corrected chi connectivity index (χ0v) is 13.9. The van der Waals surface area contributed by atoms with E-state index in [1.54, 1.807) is 0 Å². The maximum atomic E-state index is 6.76. The molecule has 0 heterocycles. The van der Waals surface area contributed by atoms with E-state index in [0.29, 0.717) is 0 Å². The lowest BCUT2D eigenvalue weighted by Crippen LogP contribution is -2.41. The van der Waals surface area contributed by atoms with E-state index in [9.17, 15) is 0 Å². The molecule has 0 aliphatic heterocycles. The third kappa shape index (κ3) is 4.47. The van der Waals surface area contributed by atoms with Crippen LogP contribution in [0.4, 0.5) is 0 Å². The SMILES string of the molecule is CCCOc1ccc(C2(N)CCCC(CC(C)C)C2)cc1. The Hall–Kier alpha value is -1.02. The number of hydrogen-bond acceptors (Lipinski definition) is 2. The molecule has 2 heteroatoms. The van der Waals surface area contributed by atoms with Gasteiger partial charge in [0.25, 0.3) is 0 Å². The summed E-state index contributed by atoms with van der Waals surface area (Å²) in [5.74, 6) is 2.50. The monoisotopic (exact) mass is 289 g/mol. The van der Waals surface area contributed by atoms with E-state index < -0.39 is 0 Å². The molecule has 2 rings (SSSR count). The first kappa shape index (κ1) is 16.4. The predicted octanol–water partition coefficient (Wildman–Crippen LogP) is 4.87. The van der Waals surface area contributed by atoms with Crippen LogP contribution in [0.25, 0.3) is 0 Å². The molecule has 1 aliphatic rings. The third-order valence-corrected chi connectivity index (χ3v) is 4.60. The average molecular weight is 289 g/mol. The fourth-order valence-corrected chi connectivity index (χ4v) is 3.66. The van der Waals surface area contributed by atoms with Crippen molar-refractivity contribution in [2.75, 3.05) is 6.61 Å². The fourth-order valence-electron chi connectivity index (χ4n) is 3.66. The zero-order valence-electron chi connectivity index (χ0n) is 13.9. The summed E-state index contributed by atoms with van der Waals surface area (Å²) in [7, 11) is 0. The molecule has 1 fully saturated rings. The van der Waals surface area contributed by atoms with Gasteiger partial charge < -0.3 is 10.5 Å². The summed E-state index contributed by atoms with van der Waals surface area (Å²) >= 11 is 0. The number of hydrogen-bond donors (Lipinski definition) is 1. The fraction of sp³-hybridized carbons (Fsp3) is 0.684. The smallest absolute Gasteiger partial charge is 0.119 e. The van der Waals surface area contributed by atoms with Crippen LogP contribution in [0.2, 0.25) is 0 Å². The lowest BCUT2D eigenvalue weighted by molar-refractivity contribution is 0.202. The number of rotatable bonds is 6. The normalized spacial score (nSPS) is 26.0. The van der Waals surface area contributed by atoms with Crippen LogP contribution in [0.1, 0.15) is 64.9 Å². The van der Waals surface area contributed by atoms with Crippen molar-refractivity contribution in [1.29, 1.82) is 0 Å². The molecular formula is C19H31NO. The second-order valence-corrected chi connectivity index (χ2v) is 7.12. The summed E-state index contributed by atoms with van der Waals surface area (Å²) in [6, 6.07) is 8.49. The topological polar surface area (TPSA) is 35.2 Å². The molecule has 0 aromatic heterocycles. The van der Waals surface area contributed by atoms with Crippen LogP contribution < -0.4 is 10.5 Å². The van der Waals surface area contributed by atoms with Crippen molar-refractivity contribution in [2.24, 2.45) is 17.6 Å². The summed E-state index contributed by atoms with van der Waals surface area (Å²) in [6.07, 6.45) is 7.17. The van der Waals surface area contributed by atoms with Gasteiger partial charge in [0, 0.05) is 5.54 Å². The Balaban J connectivity index is 2.04. The van der Waals surface area contributed by atoms with Crippen LogP contribution in [0, 0.1) is 11.8 Å². The Morgan fingerprint density at radius 2 is 2.00 bits per heavy atom. The van der Waals surface area contributed by atoms with Gasteiger partial charge in [-0.3, -0.25) is 0 Å². The highest BCUT2D eigenvalue weighted by Gasteiger charge is 2.34. The standard InChI is InChI=1S/C19H31NO/c1-4-12-21-18-9-7-17(8-10-18)19(20)11-5-6-16(14-19)13-15(2)3/h7-10,15-16H,4-6,11-14,20H2,1-3H3. The lowest BCUT2D eigenvalue weighted by atomic mass is 9.70. The molecule has 21 heavy (non-hydrogen) atoms. The van der Waals surface area contributed by atoms with E-state index >= 15 is 0 Å². The van der Waals surface area contributed by atoms with Gasteiger partial charge in [0.05, 0.1) is 6.61 Å². The number of ether oxygens (including phenoxy) is 1. The first-order valence-corrected chi connectivity index (χ1v) is 8.55. The van der Waals surface area contributed by atoms with Gasteiger partial charge in [-0.25, -0.2) is 0 Å². The number of nitrogens with two attached hydrogens (primary N) is 1. The zero-order chi connectivity index (χ0) is 15.3. The van der Waals surface area contributed by atoms with E-state index in [1.165, 1.54) is 24.8 Å². The van der Waals surface area contributed by atoms with E-state index in [0.717, 1.165) is 43.5 Å². The molecule has 2 unspecified atom stereocenters. The van der Waals surface area contributed by atoms with Gasteiger partial charge in [0.15, 0.2) is 0 Å². The minimum atomic E-state index is -0.138. The van der Waals surface area contributed by atoms with Crippen molar-refractivity contribution >= 4 is 0 Å². The minimum Gasteiger partial charge on any atom is -0.494 e. The Morgan fingerprint density at radius 1 is 1.29 bits per heavy atom. The molecule has 0 amide bonds. The largest absolute Gasteiger partial charge is 0.494 e. The molecule has 0 saturated heterocycles. The summed E-state index contributed by atoms with van der Waals surface area (Å²) in [5, 5.41) is 0. The molecule has 0 spiro atoms. The van der Waals surface area contributed by atoms with Gasteiger partial charge in [0.2, 0.25) is 0 Å². The average Bonchev–Trinajstić information content (AvgIpc) is 2.45. The van der Waals surface area contributed by atoms with Gasteiger partial charge in [0.1, 0.15) is 5.75 Å². The van der Waals surface area contributed by atoms with E-state index in [-0.39, 0.29) is 5.54 Å². The quantitative estimate of drug-likeness (QED) is 0.811. The molecule has 2 atom stereocenters. The second-order valence-electron chi connectivity index (χ2n) is 7.12. The highest BCUT2D eigenvalue weighted by atomic mass is 16.5. The van der Waals surface area contributed by atoms with Crippen molar-refractivity contribution in [3.63, 3.8) is 0 Å². The van der Waals surface area contributed by atoms with Crippen molar-refractivity contribution in [3.8, 4) is 5.75 Å². The maximum Gasteiger partial charge on any atom is 0.119 e. The van der Waals surface area contributed by atoms with E-state index in [4.69, 9.17) is 10.5 Å². The molecule has 2 N–H and O–H groups in total. The first-order chi connectivity index (χ1) is 10.0. The molecule has 1 aromatic rings. The lowest BCUT2D eigenvalue weighted by Gasteiger charge is -2.39. The summed E-state index contributed by atoms with van der Waals surface area (Å²) in [5.41, 5.74) is 7.90. The molecule has 1 saturated carbocycles.